The molecule has 0 bridgehead atoms. The van der Waals surface area contributed by atoms with Crippen LogP contribution in [-0.4, -0.2) is 37.4 Å². The summed E-state index contributed by atoms with van der Waals surface area (Å²) in [7, 11) is 0. The van der Waals surface area contributed by atoms with Crippen molar-refractivity contribution >= 4 is 5.97 Å². The van der Waals surface area contributed by atoms with Gasteiger partial charge in [-0.1, -0.05) is 0 Å². The maximum absolute atomic E-state index is 11.4. The van der Waals surface area contributed by atoms with Crippen molar-refractivity contribution in [1.29, 1.82) is 0 Å². The lowest BCUT2D eigenvalue weighted by atomic mass is 10.2. The van der Waals surface area contributed by atoms with Gasteiger partial charge in [-0.25, -0.2) is 0 Å². The van der Waals surface area contributed by atoms with Crippen molar-refractivity contribution in [1.82, 2.24) is 5.32 Å². The zero-order chi connectivity index (χ0) is 12.6. The molecule has 0 spiro atoms. The highest BCUT2D eigenvalue weighted by molar-refractivity contribution is 5.70. The van der Waals surface area contributed by atoms with Gasteiger partial charge in [-0.2, -0.15) is 0 Å². The summed E-state index contributed by atoms with van der Waals surface area (Å²) in [4.78, 5) is 11.4. The lowest BCUT2D eigenvalue weighted by Crippen LogP contribution is -2.33. The third kappa shape index (κ3) is 9.93. The average Bonchev–Trinajstić information content (AvgIpc) is 2.11. The summed E-state index contributed by atoms with van der Waals surface area (Å²) in [6, 6.07) is 0.266. The minimum atomic E-state index is -0.395. The number of ether oxygens (including phenoxy) is 2. The number of hydrogen-bond donors (Lipinski definition) is 1. The van der Waals surface area contributed by atoms with Crippen LogP contribution in [-0.2, 0) is 14.3 Å². The van der Waals surface area contributed by atoms with E-state index in [4.69, 9.17) is 9.47 Å². The fourth-order valence-electron chi connectivity index (χ4n) is 1.17. The molecule has 0 aromatic carbocycles. The van der Waals surface area contributed by atoms with Crippen LogP contribution in [0.5, 0.6) is 0 Å². The molecular formula is C12H25NO3. The molecular weight excluding hydrogens is 206 g/mol. The zero-order valence-corrected chi connectivity index (χ0v) is 11.1. The number of esters is 1. The molecule has 0 radical (unpaired) electrons. The van der Waals surface area contributed by atoms with Gasteiger partial charge in [0.15, 0.2) is 0 Å². The lowest BCUT2D eigenvalue weighted by Gasteiger charge is -2.20. The number of nitrogens with one attached hydrogen (secondary N) is 1. The van der Waals surface area contributed by atoms with Crippen LogP contribution in [0.1, 0.15) is 41.0 Å². The van der Waals surface area contributed by atoms with Gasteiger partial charge < -0.3 is 14.8 Å². The fourth-order valence-corrected chi connectivity index (χ4v) is 1.17. The molecule has 16 heavy (non-hydrogen) atoms. The Hall–Kier alpha value is -0.610. The molecule has 1 atom stereocenters. The Bertz CT molecular complexity index is 199. The number of hydrogen-bond acceptors (Lipinski definition) is 4. The van der Waals surface area contributed by atoms with Crippen molar-refractivity contribution < 1.29 is 14.3 Å². The van der Waals surface area contributed by atoms with Gasteiger partial charge in [0.05, 0.1) is 13.0 Å². The standard InChI is InChI=1S/C12H25NO3/c1-6-15-9-10(2)13-8-7-11(14)16-12(3,4)5/h10,13H,6-9H2,1-5H3. The quantitative estimate of drug-likeness (QED) is 0.678. The third-order valence-electron chi connectivity index (χ3n) is 1.81. The minimum absolute atomic E-state index is 0.163. The van der Waals surface area contributed by atoms with Crippen molar-refractivity contribution in [2.45, 2.75) is 52.7 Å². The first kappa shape index (κ1) is 15.4. The van der Waals surface area contributed by atoms with Gasteiger partial charge in [-0.3, -0.25) is 4.79 Å². The molecule has 0 saturated heterocycles. The first-order chi connectivity index (χ1) is 7.35. The van der Waals surface area contributed by atoms with Crippen LogP contribution < -0.4 is 5.32 Å². The van der Waals surface area contributed by atoms with Crippen molar-refractivity contribution in [3.63, 3.8) is 0 Å². The van der Waals surface area contributed by atoms with E-state index in [0.717, 1.165) is 6.61 Å². The molecule has 0 aliphatic heterocycles. The van der Waals surface area contributed by atoms with E-state index in [1.54, 1.807) is 0 Å². The molecule has 0 aliphatic carbocycles. The van der Waals surface area contributed by atoms with Crippen LogP contribution >= 0.6 is 0 Å². The summed E-state index contributed by atoms with van der Waals surface area (Å²) in [5.74, 6) is -0.163. The topological polar surface area (TPSA) is 47.6 Å². The third-order valence-corrected chi connectivity index (χ3v) is 1.81. The van der Waals surface area contributed by atoms with Gasteiger partial charge in [0.2, 0.25) is 0 Å². The summed E-state index contributed by atoms with van der Waals surface area (Å²) >= 11 is 0. The Morgan fingerprint density at radius 3 is 2.50 bits per heavy atom. The molecule has 0 aromatic rings. The molecule has 0 aliphatic rings. The van der Waals surface area contributed by atoms with E-state index in [2.05, 4.69) is 5.32 Å². The van der Waals surface area contributed by atoms with Crippen molar-refractivity contribution in [2.24, 2.45) is 0 Å². The first-order valence-corrected chi connectivity index (χ1v) is 5.88. The first-order valence-electron chi connectivity index (χ1n) is 5.88. The lowest BCUT2D eigenvalue weighted by molar-refractivity contribution is -0.154. The molecule has 0 saturated carbocycles. The smallest absolute Gasteiger partial charge is 0.307 e. The summed E-state index contributed by atoms with van der Waals surface area (Å²) in [5, 5.41) is 3.21. The van der Waals surface area contributed by atoms with Crippen LogP contribution in [0, 0.1) is 0 Å². The van der Waals surface area contributed by atoms with Gasteiger partial charge >= 0.3 is 5.97 Å². The van der Waals surface area contributed by atoms with E-state index in [-0.39, 0.29) is 12.0 Å². The van der Waals surface area contributed by atoms with E-state index >= 15 is 0 Å². The van der Waals surface area contributed by atoms with Crippen molar-refractivity contribution in [2.75, 3.05) is 19.8 Å². The van der Waals surface area contributed by atoms with Gasteiger partial charge in [-0.15, -0.1) is 0 Å². The van der Waals surface area contributed by atoms with Crippen LogP contribution in [0.2, 0.25) is 0 Å². The van der Waals surface area contributed by atoms with Crippen LogP contribution in [0.4, 0.5) is 0 Å². The normalized spacial score (nSPS) is 13.6. The van der Waals surface area contributed by atoms with Crippen LogP contribution in [0.15, 0.2) is 0 Å². The molecule has 0 aromatic heterocycles. The largest absolute Gasteiger partial charge is 0.460 e. The van der Waals surface area contributed by atoms with E-state index in [9.17, 15) is 4.79 Å². The maximum atomic E-state index is 11.4. The number of carbonyl (C=O) groups excluding carboxylic acids is 1. The fraction of sp³-hybridized carbons (Fsp3) is 0.917. The molecule has 1 N–H and O–H groups in total. The highest BCUT2D eigenvalue weighted by atomic mass is 16.6. The molecule has 0 rings (SSSR count). The maximum Gasteiger partial charge on any atom is 0.307 e. The second-order valence-corrected chi connectivity index (χ2v) is 4.85. The SMILES string of the molecule is CCOCC(C)NCCC(=O)OC(C)(C)C. The highest BCUT2D eigenvalue weighted by Gasteiger charge is 2.15. The van der Waals surface area contributed by atoms with Crippen LogP contribution in [0.25, 0.3) is 0 Å². The second-order valence-electron chi connectivity index (χ2n) is 4.85. The van der Waals surface area contributed by atoms with Gasteiger partial charge in [0.25, 0.3) is 0 Å². The Labute approximate surface area is 98.7 Å². The Morgan fingerprint density at radius 1 is 1.38 bits per heavy atom. The molecule has 1 unspecified atom stereocenters. The average molecular weight is 231 g/mol. The summed E-state index contributed by atoms with van der Waals surface area (Å²) in [5.41, 5.74) is -0.395. The predicted octanol–water partition coefficient (Wildman–Crippen LogP) is 1.73. The Kier molecular flexibility index (Phi) is 7.34. The minimum Gasteiger partial charge on any atom is -0.460 e. The second kappa shape index (κ2) is 7.63. The van der Waals surface area contributed by atoms with E-state index in [0.29, 0.717) is 19.6 Å². The van der Waals surface area contributed by atoms with Crippen LogP contribution in [0.3, 0.4) is 0 Å². The number of rotatable bonds is 7. The Morgan fingerprint density at radius 2 is 2.00 bits per heavy atom. The van der Waals surface area contributed by atoms with E-state index < -0.39 is 5.60 Å². The molecule has 4 nitrogen and oxygen atoms in total. The molecule has 0 fully saturated rings. The predicted molar refractivity (Wildman–Crippen MR) is 64.4 cm³/mol. The van der Waals surface area contributed by atoms with Crippen molar-refractivity contribution in [3.05, 3.63) is 0 Å². The molecule has 4 heteroatoms. The van der Waals surface area contributed by atoms with E-state index in [1.807, 2.05) is 34.6 Å². The molecule has 96 valence electrons. The summed E-state index contributed by atoms with van der Waals surface area (Å²) in [6.45, 7) is 11.6. The van der Waals surface area contributed by atoms with Gasteiger partial charge in [0, 0.05) is 19.2 Å². The highest BCUT2D eigenvalue weighted by Crippen LogP contribution is 2.07. The monoisotopic (exact) mass is 231 g/mol. The van der Waals surface area contributed by atoms with E-state index in [1.165, 1.54) is 0 Å². The molecule has 0 amide bonds. The van der Waals surface area contributed by atoms with Crippen molar-refractivity contribution in [3.8, 4) is 0 Å². The molecule has 0 heterocycles. The number of carbonyl (C=O) groups is 1. The summed E-state index contributed by atoms with van der Waals surface area (Å²) in [6.07, 6.45) is 0.397. The zero-order valence-electron chi connectivity index (χ0n) is 11.1. The van der Waals surface area contributed by atoms with Gasteiger partial charge in [0.1, 0.15) is 5.60 Å². The Balaban J connectivity index is 3.54. The summed E-state index contributed by atoms with van der Waals surface area (Å²) < 4.78 is 10.4. The van der Waals surface area contributed by atoms with Gasteiger partial charge in [-0.05, 0) is 34.6 Å².